The number of aryl methyl sites for hydroxylation is 2. The summed E-state index contributed by atoms with van der Waals surface area (Å²) in [4.78, 5) is 20.8. The molecule has 3 nitrogen and oxygen atoms in total. The minimum absolute atomic E-state index is 0.0678. The zero-order chi connectivity index (χ0) is 19.1. The number of thiophene rings is 1. The third kappa shape index (κ3) is 3.07. The Kier molecular flexibility index (Phi) is 4.53. The Morgan fingerprint density at radius 1 is 1.00 bits per heavy atom. The number of aromatic nitrogens is 2. The van der Waals surface area contributed by atoms with Gasteiger partial charge in [0.15, 0.2) is 0 Å². The Morgan fingerprint density at radius 3 is 2.54 bits per heavy atom. The highest BCUT2D eigenvalue weighted by Gasteiger charge is 2.22. The molecule has 5 heteroatoms. The smallest absolute Gasteiger partial charge is 0.263 e. The van der Waals surface area contributed by atoms with Gasteiger partial charge in [0.05, 0.1) is 11.9 Å². The molecule has 0 atom stereocenters. The molecule has 2 heterocycles. The predicted octanol–water partition coefficient (Wildman–Crippen LogP) is 5.71. The molecule has 0 saturated heterocycles. The lowest BCUT2D eigenvalue weighted by molar-refractivity contribution is 0.698. The summed E-state index contributed by atoms with van der Waals surface area (Å²) in [6.07, 6.45) is 4.39. The average Bonchev–Trinajstić information content (AvgIpc) is 3.11. The lowest BCUT2D eigenvalue weighted by Gasteiger charge is -2.14. The van der Waals surface area contributed by atoms with E-state index in [0.29, 0.717) is 11.6 Å². The van der Waals surface area contributed by atoms with Gasteiger partial charge >= 0.3 is 0 Å². The van der Waals surface area contributed by atoms with Crippen LogP contribution in [0, 0.1) is 0 Å². The molecule has 0 spiro atoms. The van der Waals surface area contributed by atoms with E-state index in [1.807, 2.05) is 59.2 Å². The molecule has 28 heavy (non-hydrogen) atoms. The van der Waals surface area contributed by atoms with Gasteiger partial charge in [-0.3, -0.25) is 9.36 Å². The molecule has 0 bridgehead atoms. The van der Waals surface area contributed by atoms with E-state index in [9.17, 15) is 4.79 Å². The van der Waals surface area contributed by atoms with Gasteiger partial charge in [-0.2, -0.15) is 0 Å². The third-order valence-corrected chi connectivity index (χ3v) is 6.80. The second kappa shape index (κ2) is 7.19. The van der Waals surface area contributed by atoms with Gasteiger partial charge in [0.25, 0.3) is 5.56 Å². The highest BCUT2D eigenvalue weighted by atomic mass is 35.5. The summed E-state index contributed by atoms with van der Waals surface area (Å²) >= 11 is 7.73. The zero-order valence-corrected chi connectivity index (χ0v) is 16.9. The van der Waals surface area contributed by atoms with Crippen LogP contribution in [0.2, 0.25) is 5.02 Å². The molecule has 0 unspecified atom stereocenters. The maximum absolute atomic E-state index is 13.6. The van der Waals surface area contributed by atoms with Gasteiger partial charge in [-0.15, -0.1) is 11.3 Å². The molecule has 0 amide bonds. The molecule has 1 aliphatic rings. The summed E-state index contributed by atoms with van der Waals surface area (Å²) in [6.45, 7) is 0.480. The van der Waals surface area contributed by atoms with Crippen LogP contribution in [0.1, 0.15) is 28.8 Å². The Balaban J connectivity index is 1.76. The number of benzene rings is 2. The standard InChI is InChI=1S/C23H19ClN2OS/c24-17-12-10-15(11-13-17)14-26-21(16-6-2-1-3-7-16)25-22-20(23(26)27)18-8-4-5-9-19(18)28-22/h1-3,6-7,10-13H,4-5,8-9,14H2. The molecule has 0 aliphatic heterocycles. The van der Waals surface area contributed by atoms with Gasteiger partial charge in [0, 0.05) is 15.5 Å². The third-order valence-electron chi connectivity index (χ3n) is 5.36. The van der Waals surface area contributed by atoms with E-state index in [1.165, 1.54) is 16.9 Å². The van der Waals surface area contributed by atoms with Crippen LogP contribution >= 0.6 is 22.9 Å². The summed E-state index contributed by atoms with van der Waals surface area (Å²) in [6, 6.07) is 17.6. The number of rotatable bonds is 3. The van der Waals surface area contributed by atoms with E-state index in [1.54, 1.807) is 11.3 Å². The quantitative estimate of drug-likeness (QED) is 0.437. The normalized spacial score (nSPS) is 13.6. The molecule has 0 saturated carbocycles. The highest BCUT2D eigenvalue weighted by Crippen LogP contribution is 2.35. The van der Waals surface area contributed by atoms with Gasteiger partial charge in [0.2, 0.25) is 0 Å². The Labute approximate surface area is 172 Å². The van der Waals surface area contributed by atoms with Crippen LogP contribution in [-0.2, 0) is 19.4 Å². The van der Waals surface area contributed by atoms with Crippen molar-refractivity contribution in [1.29, 1.82) is 0 Å². The number of nitrogens with zero attached hydrogens (tertiary/aromatic N) is 2. The van der Waals surface area contributed by atoms with Crippen molar-refractivity contribution < 1.29 is 0 Å². The molecule has 2 aromatic heterocycles. The van der Waals surface area contributed by atoms with Crippen LogP contribution < -0.4 is 5.56 Å². The first kappa shape index (κ1) is 17.7. The summed E-state index contributed by atoms with van der Waals surface area (Å²) in [5.74, 6) is 0.728. The van der Waals surface area contributed by atoms with E-state index >= 15 is 0 Å². The number of hydrogen-bond acceptors (Lipinski definition) is 3. The van der Waals surface area contributed by atoms with E-state index in [-0.39, 0.29) is 5.56 Å². The molecule has 5 rings (SSSR count). The van der Waals surface area contributed by atoms with Gasteiger partial charge in [-0.05, 0) is 48.9 Å². The Hall–Kier alpha value is -2.43. The van der Waals surface area contributed by atoms with E-state index in [2.05, 4.69) is 0 Å². The summed E-state index contributed by atoms with van der Waals surface area (Å²) in [7, 11) is 0. The van der Waals surface area contributed by atoms with Crippen molar-refractivity contribution in [2.24, 2.45) is 0 Å². The Morgan fingerprint density at radius 2 is 1.75 bits per heavy atom. The van der Waals surface area contributed by atoms with Crippen LogP contribution in [0.15, 0.2) is 59.4 Å². The summed E-state index contributed by atoms with van der Waals surface area (Å²) in [5.41, 5.74) is 3.29. The van der Waals surface area contributed by atoms with Gasteiger partial charge in [-0.1, -0.05) is 54.1 Å². The molecule has 0 fully saturated rings. The van der Waals surface area contributed by atoms with Crippen molar-refractivity contribution >= 4 is 33.2 Å². The molecule has 0 N–H and O–H groups in total. The molecular weight excluding hydrogens is 388 g/mol. The van der Waals surface area contributed by atoms with E-state index in [4.69, 9.17) is 16.6 Å². The summed E-state index contributed by atoms with van der Waals surface area (Å²) in [5, 5.41) is 1.52. The van der Waals surface area contributed by atoms with Crippen molar-refractivity contribution in [2.45, 2.75) is 32.2 Å². The zero-order valence-electron chi connectivity index (χ0n) is 15.3. The van der Waals surface area contributed by atoms with Crippen molar-refractivity contribution in [2.75, 3.05) is 0 Å². The Bertz CT molecular complexity index is 1210. The fourth-order valence-corrected chi connectivity index (χ4v) is 5.34. The minimum Gasteiger partial charge on any atom is -0.288 e. The predicted molar refractivity (Wildman–Crippen MR) is 117 cm³/mol. The number of fused-ring (bicyclic) bond motifs is 3. The fourth-order valence-electron chi connectivity index (χ4n) is 3.97. The topological polar surface area (TPSA) is 34.9 Å². The molecule has 1 aliphatic carbocycles. The van der Waals surface area contributed by atoms with Crippen LogP contribution in [0.3, 0.4) is 0 Å². The first-order valence-corrected chi connectivity index (χ1v) is 10.7. The van der Waals surface area contributed by atoms with Crippen LogP contribution in [0.5, 0.6) is 0 Å². The van der Waals surface area contributed by atoms with E-state index < -0.39 is 0 Å². The van der Waals surface area contributed by atoms with Gasteiger partial charge in [-0.25, -0.2) is 4.98 Å². The minimum atomic E-state index is 0.0678. The van der Waals surface area contributed by atoms with Gasteiger partial charge < -0.3 is 0 Å². The number of halogens is 1. The van der Waals surface area contributed by atoms with Crippen molar-refractivity contribution in [1.82, 2.24) is 9.55 Å². The highest BCUT2D eigenvalue weighted by molar-refractivity contribution is 7.18. The van der Waals surface area contributed by atoms with Crippen molar-refractivity contribution in [3.8, 4) is 11.4 Å². The molecule has 4 aromatic rings. The van der Waals surface area contributed by atoms with Crippen LogP contribution in [0.4, 0.5) is 0 Å². The maximum atomic E-state index is 13.6. The van der Waals surface area contributed by atoms with E-state index in [0.717, 1.165) is 46.4 Å². The van der Waals surface area contributed by atoms with Crippen LogP contribution in [0.25, 0.3) is 21.6 Å². The van der Waals surface area contributed by atoms with Crippen molar-refractivity contribution in [3.05, 3.63) is 86.0 Å². The first-order valence-electron chi connectivity index (χ1n) is 9.55. The molecule has 140 valence electrons. The second-order valence-electron chi connectivity index (χ2n) is 7.21. The number of hydrogen-bond donors (Lipinski definition) is 0. The SMILES string of the molecule is O=c1c2c3c(sc2nc(-c2ccccc2)n1Cc1ccc(Cl)cc1)CCCC3. The molecule has 0 radical (unpaired) electrons. The van der Waals surface area contributed by atoms with Gasteiger partial charge in [0.1, 0.15) is 10.7 Å². The average molecular weight is 407 g/mol. The van der Waals surface area contributed by atoms with Crippen LogP contribution in [-0.4, -0.2) is 9.55 Å². The lowest BCUT2D eigenvalue weighted by Crippen LogP contribution is -2.24. The lowest BCUT2D eigenvalue weighted by atomic mass is 9.97. The first-order chi connectivity index (χ1) is 13.7. The molecular formula is C23H19ClN2OS. The summed E-state index contributed by atoms with van der Waals surface area (Å²) < 4.78 is 1.82. The monoisotopic (exact) mass is 406 g/mol. The maximum Gasteiger partial charge on any atom is 0.263 e. The second-order valence-corrected chi connectivity index (χ2v) is 8.73. The largest absolute Gasteiger partial charge is 0.288 e. The van der Waals surface area contributed by atoms with Crippen molar-refractivity contribution in [3.63, 3.8) is 0 Å². The fraction of sp³-hybridized carbons (Fsp3) is 0.217. The molecule has 2 aromatic carbocycles.